The highest BCUT2D eigenvalue weighted by Gasteiger charge is 2.37. The Labute approximate surface area is 122 Å². The molecule has 0 bridgehead atoms. The van der Waals surface area contributed by atoms with Crippen molar-refractivity contribution in [3.05, 3.63) is 65.7 Å². The number of carbonyl (C=O) groups is 1. The van der Waals surface area contributed by atoms with Crippen LogP contribution in [0.4, 0.5) is 0 Å². The quantitative estimate of drug-likeness (QED) is 0.720. The van der Waals surface area contributed by atoms with Gasteiger partial charge in [0.1, 0.15) is 12.4 Å². The number of hydrogen-bond acceptors (Lipinski definition) is 5. The zero-order chi connectivity index (χ0) is 15.3. The van der Waals surface area contributed by atoms with E-state index < -0.39 is 18.1 Å². The third kappa shape index (κ3) is 3.39. The molecular weight excluding hydrogens is 270 g/mol. The van der Waals surface area contributed by atoms with Crippen LogP contribution in [-0.2, 0) is 21.7 Å². The molecule has 0 fully saturated rings. The average Bonchev–Trinajstić information content (AvgIpc) is 2.53. The Morgan fingerprint density at radius 2 is 1.71 bits per heavy atom. The van der Waals surface area contributed by atoms with E-state index in [0.717, 1.165) is 5.56 Å². The molecule has 2 aromatic carbocycles. The predicted molar refractivity (Wildman–Crippen MR) is 77.3 cm³/mol. The lowest BCUT2D eigenvalue weighted by molar-refractivity contribution is -0.153. The number of aliphatic hydroxyl groups is 1. The molecule has 0 amide bonds. The van der Waals surface area contributed by atoms with Crippen molar-refractivity contribution in [2.24, 2.45) is 5.73 Å². The lowest BCUT2D eigenvalue weighted by Gasteiger charge is -2.25. The van der Waals surface area contributed by atoms with E-state index in [0.29, 0.717) is 5.56 Å². The second-order valence-electron chi connectivity index (χ2n) is 4.74. The van der Waals surface area contributed by atoms with Gasteiger partial charge < -0.3 is 20.7 Å². The van der Waals surface area contributed by atoms with Crippen LogP contribution in [0.15, 0.2) is 54.6 Å². The van der Waals surface area contributed by atoms with Gasteiger partial charge in [-0.2, -0.15) is 0 Å². The van der Waals surface area contributed by atoms with Crippen molar-refractivity contribution in [2.75, 3.05) is 6.61 Å². The van der Waals surface area contributed by atoms with Gasteiger partial charge in [-0.15, -0.1) is 0 Å². The van der Waals surface area contributed by atoms with Crippen LogP contribution in [0.25, 0.3) is 0 Å². The Morgan fingerprint density at radius 3 is 2.29 bits per heavy atom. The van der Waals surface area contributed by atoms with Crippen molar-refractivity contribution in [3.8, 4) is 5.75 Å². The number of benzene rings is 2. The topological polar surface area (TPSA) is 92.8 Å². The molecule has 0 heterocycles. The van der Waals surface area contributed by atoms with Crippen molar-refractivity contribution in [3.63, 3.8) is 0 Å². The lowest BCUT2D eigenvalue weighted by atomic mass is 9.92. The zero-order valence-electron chi connectivity index (χ0n) is 11.4. The first-order chi connectivity index (χ1) is 10.1. The van der Waals surface area contributed by atoms with Crippen molar-refractivity contribution in [1.82, 2.24) is 0 Å². The minimum absolute atomic E-state index is 0.0525. The van der Waals surface area contributed by atoms with Crippen molar-refractivity contribution < 1.29 is 19.7 Å². The smallest absolute Gasteiger partial charge is 0.333 e. The summed E-state index contributed by atoms with van der Waals surface area (Å²) in [6.07, 6.45) is 0. The van der Waals surface area contributed by atoms with Crippen molar-refractivity contribution in [2.45, 2.75) is 12.1 Å². The van der Waals surface area contributed by atoms with Crippen LogP contribution in [0.2, 0.25) is 0 Å². The first-order valence-electron chi connectivity index (χ1n) is 6.46. The zero-order valence-corrected chi connectivity index (χ0v) is 11.4. The molecule has 1 atom stereocenters. The average molecular weight is 287 g/mol. The van der Waals surface area contributed by atoms with E-state index in [1.807, 2.05) is 30.3 Å². The highest BCUT2D eigenvalue weighted by molar-refractivity contribution is 5.82. The van der Waals surface area contributed by atoms with Gasteiger partial charge in [-0.1, -0.05) is 42.5 Å². The van der Waals surface area contributed by atoms with E-state index in [1.165, 1.54) is 24.3 Å². The summed E-state index contributed by atoms with van der Waals surface area (Å²) in [5.41, 5.74) is 5.53. The number of carbonyl (C=O) groups excluding carboxylic acids is 1. The molecule has 2 aromatic rings. The highest BCUT2D eigenvalue weighted by Crippen LogP contribution is 2.22. The molecule has 0 unspecified atom stereocenters. The number of nitrogens with two attached hydrogens (primary N) is 1. The van der Waals surface area contributed by atoms with Gasteiger partial charge in [0, 0.05) is 0 Å². The maximum absolute atomic E-state index is 12.2. The number of ether oxygens (including phenoxy) is 1. The summed E-state index contributed by atoms with van der Waals surface area (Å²) >= 11 is 0. The molecule has 0 radical (unpaired) electrons. The van der Waals surface area contributed by atoms with Gasteiger partial charge in [0.25, 0.3) is 0 Å². The molecule has 5 nitrogen and oxygen atoms in total. The minimum Gasteiger partial charge on any atom is -0.508 e. The van der Waals surface area contributed by atoms with E-state index in [1.54, 1.807) is 0 Å². The van der Waals surface area contributed by atoms with Crippen molar-refractivity contribution in [1.29, 1.82) is 0 Å². The molecule has 4 N–H and O–H groups in total. The van der Waals surface area contributed by atoms with Crippen LogP contribution in [0.3, 0.4) is 0 Å². The summed E-state index contributed by atoms with van der Waals surface area (Å²) in [6.45, 7) is -0.512. The molecule has 0 aliphatic carbocycles. The summed E-state index contributed by atoms with van der Waals surface area (Å²) < 4.78 is 5.18. The van der Waals surface area contributed by atoms with Gasteiger partial charge in [-0.25, -0.2) is 4.79 Å². The molecular formula is C16H17NO4. The number of aliphatic hydroxyl groups excluding tert-OH is 1. The van der Waals surface area contributed by atoms with E-state index >= 15 is 0 Å². The SMILES string of the molecule is N[C@](CO)(C(=O)OCc1ccccc1)c1ccc(O)cc1. The van der Waals surface area contributed by atoms with Crippen LogP contribution in [0.5, 0.6) is 5.75 Å². The Bertz CT molecular complexity index is 597. The fraction of sp³-hybridized carbons (Fsp3) is 0.188. The van der Waals surface area contributed by atoms with E-state index in [-0.39, 0.29) is 12.4 Å². The number of phenols is 1. The number of rotatable bonds is 5. The molecule has 0 saturated heterocycles. The number of phenolic OH excluding ortho intramolecular Hbond substituents is 1. The second kappa shape index (κ2) is 6.39. The summed E-state index contributed by atoms with van der Waals surface area (Å²) in [5.74, 6) is -0.670. The maximum Gasteiger partial charge on any atom is 0.333 e. The molecule has 0 aliphatic heterocycles. The third-order valence-electron chi connectivity index (χ3n) is 3.21. The Balaban J connectivity index is 2.12. The Kier molecular flexibility index (Phi) is 4.57. The third-order valence-corrected chi connectivity index (χ3v) is 3.21. The van der Waals surface area contributed by atoms with Gasteiger partial charge >= 0.3 is 5.97 Å². The van der Waals surface area contributed by atoms with Gasteiger partial charge in [-0.05, 0) is 23.3 Å². The summed E-state index contributed by atoms with van der Waals surface area (Å²) in [5, 5.41) is 18.8. The predicted octanol–water partition coefficient (Wildman–Crippen LogP) is 1.28. The van der Waals surface area contributed by atoms with Crippen LogP contribution in [0.1, 0.15) is 11.1 Å². The van der Waals surface area contributed by atoms with E-state index in [2.05, 4.69) is 0 Å². The molecule has 2 rings (SSSR count). The summed E-state index contributed by atoms with van der Waals surface area (Å²) in [6, 6.07) is 15.0. The normalized spacial score (nSPS) is 13.4. The molecule has 5 heteroatoms. The first-order valence-corrected chi connectivity index (χ1v) is 6.46. The summed E-state index contributed by atoms with van der Waals surface area (Å²) in [7, 11) is 0. The fourth-order valence-corrected chi connectivity index (χ4v) is 1.88. The van der Waals surface area contributed by atoms with Gasteiger partial charge in [0.05, 0.1) is 6.61 Å². The van der Waals surface area contributed by atoms with Gasteiger partial charge in [0.2, 0.25) is 0 Å². The standard InChI is InChI=1S/C16H17NO4/c17-16(11-18,13-6-8-14(19)9-7-13)15(20)21-10-12-4-2-1-3-5-12/h1-9,18-19H,10-11,17H2/t16-/m0/s1. The molecule has 110 valence electrons. The van der Waals surface area contributed by atoms with Crippen LogP contribution < -0.4 is 5.73 Å². The first kappa shape index (κ1) is 15.0. The second-order valence-corrected chi connectivity index (χ2v) is 4.74. The van der Waals surface area contributed by atoms with Crippen molar-refractivity contribution >= 4 is 5.97 Å². The Morgan fingerprint density at radius 1 is 1.10 bits per heavy atom. The number of hydrogen-bond donors (Lipinski definition) is 3. The molecule has 0 aliphatic rings. The largest absolute Gasteiger partial charge is 0.508 e. The van der Waals surface area contributed by atoms with E-state index in [4.69, 9.17) is 10.5 Å². The van der Waals surface area contributed by atoms with Crippen LogP contribution in [-0.4, -0.2) is 22.8 Å². The molecule has 21 heavy (non-hydrogen) atoms. The molecule has 0 saturated carbocycles. The monoisotopic (exact) mass is 287 g/mol. The maximum atomic E-state index is 12.2. The van der Waals surface area contributed by atoms with Gasteiger partial charge in [0.15, 0.2) is 5.54 Å². The highest BCUT2D eigenvalue weighted by atomic mass is 16.5. The minimum atomic E-state index is -1.65. The lowest BCUT2D eigenvalue weighted by Crippen LogP contribution is -2.49. The Hall–Kier alpha value is -2.37. The van der Waals surface area contributed by atoms with Gasteiger partial charge in [-0.3, -0.25) is 0 Å². The van der Waals surface area contributed by atoms with Crippen LogP contribution in [0, 0.1) is 0 Å². The number of aromatic hydroxyl groups is 1. The van der Waals surface area contributed by atoms with E-state index in [9.17, 15) is 15.0 Å². The number of esters is 1. The van der Waals surface area contributed by atoms with Crippen LogP contribution >= 0.6 is 0 Å². The molecule has 0 spiro atoms. The molecule has 0 aromatic heterocycles. The fourth-order valence-electron chi connectivity index (χ4n) is 1.88. The summed E-state index contributed by atoms with van der Waals surface area (Å²) in [4.78, 5) is 12.2.